The lowest BCUT2D eigenvalue weighted by Gasteiger charge is -2.12. The van der Waals surface area contributed by atoms with Crippen LogP contribution in [0.5, 0.6) is 0 Å². The molecule has 20 heavy (non-hydrogen) atoms. The van der Waals surface area contributed by atoms with E-state index in [4.69, 9.17) is 0 Å². The molecule has 0 aliphatic heterocycles. The van der Waals surface area contributed by atoms with Crippen molar-refractivity contribution in [2.45, 2.75) is 40.5 Å². The minimum Gasteiger partial charge on any atom is -0.0988 e. The molecule has 0 saturated carbocycles. The summed E-state index contributed by atoms with van der Waals surface area (Å²) in [4.78, 5) is 0. The predicted octanol–water partition coefficient (Wildman–Crippen LogP) is 6.37. The van der Waals surface area contributed by atoms with E-state index in [1.54, 1.807) is 0 Å². The normalized spacial score (nSPS) is 17.8. The number of allylic oxidation sites excluding steroid dienone is 5. The van der Waals surface area contributed by atoms with Crippen LogP contribution in [0.4, 0.5) is 0 Å². The Hall–Kier alpha value is -1.82. The molecule has 0 saturated heterocycles. The first-order valence-electron chi connectivity index (χ1n) is 7.59. The van der Waals surface area contributed by atoms with Gasteiger partial charge in [-0.15, -0.1) is 0 Å². The highest BCUT2D eigenvalue weighted by Gasteiger charge is 2.05. The molecule has 0 spiro atoms. The summed E-state index contributed by atoms with van der Waals surface area (Å²) < 4.78 is 0. The van der Waals surface area contributed by atoms with E-state index in [-0.39, 0.29) is 0 Å². The SMILES string of the molecule is C=CC1=C(\C=C)CCc2ccccc2/C=C\1.CC.CC. The number of fused-ring (bicyclic) bond motifs is 1. The Morgan fingerprint density at radius 1 is 0.850 bits per heavy atom. The van der Waals surface area contributed by atoms with E-state index in [0.29, 0.717) is 0 Å². The zero-order chi connectivity index (χ0) is 15.4. The molecule has 108 valence electrons. The molecular formula is C20H28. The summed E-state index contributed by atoms with van der Waals surface area (Å²) in [5, 5.41) is 0. The lowest BCUT2D eigenvalue weighted by molar-refractivity contribution is 0.954. The van der Waals surface area contributed by atoms with Crippen LogP contribution in [0.2, 0.25) is 0 Å². The topological polar surface area (TPSA) is 0 Å². The molecule has 0 bridgehead atoms. The second-order valence-corrected chi connectivity index (χ2v) is 3.92. The highest BCUT2D eigenvalue weighted by Crippen LogP contribution is 2.23. The Morgan fingerprint density at radius 3 is 2.10 bits per heavy atom. The first-order valence-corrected chi connectivity index (χ1v) is 7.59. The third-order valence-electron chi connectivity index (χ3n) is 3.00. The average molecular weight is 268 g/mol. The molecule has 0 heterocycles. The van der Waals surface area contributed by atoms with Crippen molar-refractivity contribution in [1.29, 1.82) is 0 Å². The minimum absolute atomic E-state index is 1.03. The van der Waals surface area contributed by atoms with Crippen molar-refractivity contribution in [2.24, 2.45) is 0 Å². The Labute approximate surface area is 125 Å². The lowest BCUT2D eigenvalue weighted by Crippen LogP contribution is -1.95. The van der Waals surface area contributed by atoms with Gasteiger partial charge in [-0.1, -0.05) is 89.4 Å². The first kappa shape index (κ1) is 18.2. The van der Waals surface area contributed by atoms with Crippen molar-refractivity contribution in [3.63, 3.8) is 0 Å². The Morgan fingerprint density at radius 2 is 1.50 bits per heavy atom. The van der Waals surface area contributed by atoms with Crippen LogP contribution in [-0.2, 0) is 6.42 Å². The van der Waals surface area contributed by atoms with E-state index in [2.05, 4.69) is 49.6 Å². The zero-order valence-electron chi connectivity index (χ0n) is 13.4. The number of aryl methyl sites for hydroxylation is 1. The van der Waals surface area contributed by atoms with Gasteiger partial charge in [0.2, 0.25) is 0 Å². The van der Waals surface area contributed by atoms with Crippen LogP contribution in [0.3, 0.4) is 0 Å². The molecule has 1 aromatic carbocycles. The van der Waals surface area contributed by atoms with Gasteiger partial charge in [-0.25, -0.2) is 0 Å². The van der Waals surface area contributed by atoms with E-state index in [1.807, 2.05) is 39.8 Å². The third kappa shape index (κ3) is 5.05. The van der Waals surface area contributed by atoms with Crippen LogP contribution in [0.25, 0.3) is 6.08 Å². The van der Waals surface area contributed by atoms with E-state index in [0.717, 1.165) is 12.8 Å². The van der Waals surface area contributed by atoms with Gasteiger partial charge in [-0.05, 0) is 35.1 Å². The molecule has 0 radical (unpaired) electrons. The monoisotopic (exact) mass is 268 g/mol. The molecule has 1 aliphatic rings. The number of benzene rings is 1. The van der Waals surface area contributed by atoms with Crippen LogP contribution >= 0.6 is 0 Å². The first-order chi connectivity index (χ1) is 9.85. The highest BCUT2D eigenvalue weighted by molar-refractivity contribution is 5.60. The Balaban J connectivity index is 0.000000829. The van der Waals surface area contributed by atoms with Crippen molar-refractivity contribution in [2.75, 3.05) is 0 Å². The fourth-order valence-electron chi connectivity index (χ4n) is 2.04. The fourth-order valence-corrected chi connectivity index (χ4v) is 2.04. The van der Waals surface area contributed by atoms with Gasteiger partial charge in [0.1, 0.15) is 0 Å². The van der Waals surface area contributed by atoms with Gasteiger partial charge >= 0.3 is 0 Å². The van der Waals surface area contributed by atoms with Crippen molar-refractivity contribution in [3.8, 4) is 0 Å². The summed E-state index contributed by atoms with van der Waals surface area (Å²) in [5.41, 5.74) is 5.18. The number of hydrogen-bond acceptors (Lipinski definition) is 0. The summed E-state index contributed by atoms with van der Waals surface area (Å²) in [5.74, 6) is 0. The van der Waals surface area contributed by atoms with Gasteiger partial charge < -0.3 is 0 Å². The smallest absolute Gasteiger partial charge is 0.0224 e. The van der Waals surface area contributed by atoms with Gasteiger partial charge in [0.05, 0.1) is 0 Å². The quantitative estimate of drug-likeness (QED) is 0.585. The van der Waals surface area contributed by atoms with Crippen LogP contribution in [0.15, 0.2) is 66.8 Å². The maximum atomic E-state index is 3.87. The summed E-state index contributed by atoms with van der Waals surface area (Å²) in [6.45, 7) is 15.7. The molecule has 0 N–H and O–H groups in total. The van der Waals surface area contributed by atoms with Crippen molar-refractivity contribution < 1.29 is 0 Å². The van der Waals surface area contributed by atoms with Gasteiger partial charge in [0, 0.05) is 0 Å². The molecule has 0 aromatic heterocycles. The molecule has 0 atom stereocenters. The van der Waals surface area contributed by atoms with Gasteiger partial charge in [0.25, 0.3) is 0 Å². The Kier molecular flexibility index (Phi) is 10.0. The molecule has 1 aliphatic carbocycles. The second-order valence-electron chi connectivity index (χ2n) is 3.92. The van der Waals surface area contributed by atoms with Crippen LogP contribution < -0.4 is 0 Å². The summed E-state index contributed by atoms with van der Waals surface area (Å²) in [6.07, 6.45) is 10.2. The zero-order valence-corrected chi connectivity index (χ0v) is 13.4. The average Bonchev–Trinajstić information content (AvgIpc) is 2.52. The standard InChI is InChI=1S/C16H16.2C2H6/c1-3-13-9-11-15-7-5-6-8-16(15)12-10-14(13)4-2;2*1-2/h3-9,11H,1-2,10,12H2;2*1-2H3/b11-9-,14-13-;;. The lowest BCUT2D eigenvalue weighted by atomic mass is 9.93. The van der Waals surface area contributed by atoms with Crippen LogP contribution in [0, 0.1) is 0 Å². The third-order valence-corrected chi connectivity index (χ3v) is 3.00. The van der Waals surface area contributed by atoms with Crippen LogP contribution in [-0.4, -0.2) is 0 Å². The molecule has 2 rings (SSSR count). The molecule has 1 aromatic rings. The second kappa shape index (κ2) is 11.0. The summed E-state index contributed by atoms with van der Waals surface area (Å²) in [7, 11) is 0. The van der Waals surface area contributed by atoms with Gasteiger partial charge in [-0.2, -0.15) is 0 Å². The molecule has 0 fully saturated rings. The van der Waals surface area contributed by atoms with E-state index >= 15 is 0 Å². The molecule has 0 amide bonds. The summed E-state index contributed by atoms with van der Waals surface area (Å²) >= 11 is 0. The van der Waals surface area contributed by atoms with Gasteiger partial charge in [-0.3, -0.25) is 0 Å². The summed E-state index contributed by atoms with van der Waals surface area (Å²) in [6, 6.07) is 8.53. The molecule has 0 nitrogen and oxygen atoms in total. The van der Waals surface area contributed by atoms with E-state index in [9.17, 15) is 0 Å². The molecule has 0 unspecified atom stereocenters. The van der Waals surface area contributed by atoms with Crippen LogP contribution in [0.1, 0.15) is 45.2 Å². The van der Waals surface area contributed by atoms with E-state index in [1.165, 1.54) is 22.3 Å². The highest BCUT2D eigenvalue weighted by atomic mass is 14.1. The number of hydrogen-bond donors (Lipinski definition) is 0. The largest absolute Gasteiger partial charge is 0.0988 e. The fraction of sp³-hybridized carbons (Fsp3) is 0.300. The van der Waals surface area contributed by atoms with E-state index < -0.39 is 0 Å². The predicted molar refractivity (Wildman–Crippen MR) is 93.9 cm³/mol. The number of rotatable bonds is 2. The van der Waals surface area contributed by atoms with Crippen molar-refractivity contribution >= 4 is 6.08 Å². The van der Waals surface area contributed by atoms with Crippen molar-refractivity contribution in [1.82, 2.24) is 0 Å². The van der Waals surface area contributed by atoms with Crippen molar-refractivity contribution in [3.05, 3.63) is 77.9 Å². The molecular weight excluding hydrogens is 240 g/mol. The molecule has 0 heteroatoms. The Bertz CT molecular complexity index is 473. The minimum atomic E-state index is 1.03. The maximum absolute atomic E-state index is 3.87. The maximum Gasteiger partial charge on any atom is -0.0224 e. The van der Waals surface area contributed by atoms with Gasteiger partial charge in [0.15, 0.2) is 0 Å².